The van der Waals surface area contributed by atoms with Gasteiger partial charge < -0.3 is 15.1 Å². The molecular weight excluding hydrogens is 266 g/mol. The summed E-state index contributed by atoms with van der Waals surface area (Å²) in [4.78, 5) is 27.5. The Morgan fingerprint density at radius 2 is 1.76 bits per heavy atom. The number of rotatable bonds is 7. The summed E-state index contributed by atoms with van der Waals surface area (Å²) in [5.41, 5.74) is 0. The number of amides is 2. The van der Waals surface area contributed by atoms with Crippen LogP contribution < -0.4 is 5.32 Å². The van der Waals surface area contributed by atoms with Crippen LogP contribution in [0.4, 0.5) is 0 Å². The molecular formula is C16H31N3O2. The third-order valence-electron chi connectivity index (χ3n) is 4.01. The summed E-state index contributed by atoms with van der Waals surface area (Å²) in [5.74, 6) is 0.0528. The fraction of sp³-hybridized carbons (Fsp3) is 0.875. The third-order valence-corrected chi connectivity index (χ3v) is 4.01. The normalized spacial score (nSPS) is 16.6. The van der Waals surface area contributed by atoms with Crippen LogP contribution in [0.5, 0.6) is 0 Å². The highest BCUT2D eigenvalue weighted by molar-refractivity contribution is 5.78. The fourth-order valence-corrected chi connectivity index (χ4v) is 2.77. The van der Waals surface area contributed by atoms with Crippen molar-refractivity contribution in [2.24, 2.45) is 0 Å². The lowest BCUT2D eigenvalue weighted by molar-refractivity contribution is -0.133. The largest absolute Gasteiger partial charge is 0.356 e. The minimum Gasteiger partial charge on any atom is -0.356 e. The van der Waals surface area contributed by atoms with Crippen molar-refractivity contribution in [1.82, 2.24) is 15.1 Å². The predicted octanol–water partition coefficient (Wildman–Crippen LogP) is 1.63. The first-order chi connectivity index (χ1) is 10.0. The van der Waals surface area contributed by atoms with Crippen molar-refractivity contribution < 1.29 is 9.59 Å². The Hall–Kier alpha value is -1.10. The van der Waals surface area contributed by atoms with Crippen molar-refractivity contribution in [3.63, 3.8) is 0 Å². The van der Waals surface area contributed by atoms with Crippen LogP contribution in [0.1, 0.15) is 52.9 Å². The van der Waals surface area contributed by atoms with Crippen LogP contribution in [0.15, 0.2) is 0 Å². The van der Waals surface area contributed by atoms with E-state index in [-0.39, 0.29) is 17.9 Å². The van der Waals surface area contributed by atoms with Gasteiger partial charge in [-0.05, 0) is 39.8 Å². The smallest absolute Gasteiger partial charge is 0.224 e. The van der Waals surface area contributed by atoms with Crippen molar-refractivity contribution in [2.45, 2.75) is 58.9 Å². The van der Waals surface area contributed by atoms with E-state index in [1.54, 1.807) is 0 Å². The van der Waals surface area contributed by atoms with Crippen LogP contribution in [-0.4, -0.2) is 60.4 Å². The van der Waals surface area contributed by atoms with E-state index in [1.807, 2.05) is 4.90 Å². The maximum atomic E-state index is 12.3. The summed E-state index contributed by atoms with van der Waals surface area (Å²) >= 11 is 0. The van der Waals surface area contributed by atoms with Gasteiger partial charge in [-0.1, -0.05) is 12.8 Å². The minimum atomic E-state index is -0.0801. The molecule has 1 saturated heterocycles. The van der Waals surface area contributed by atoms with Crippen molar-refractivity contribution in [3.8, 4) is 0 Å². The molecule has 1 N–H and O–H groups in total. The Labute approximate surface area is 129 Å². The van der Waals surface area contributed by atoms with Crippen LogP contribution in [0.3, 0.4) is 0 Å². The van der Waals surface area contributed by atoms with Crippen molar-refractivity contribution in [1.29, 1.82) is 0 Å². The Morgan fingerprint density at radius 1 is 1.14 bits per heavy atom. The molecule has 1 fully saturated rings. The Morgan fingerprint density at radius 3 is 2.29 bits per heavy atom. The summed E-state index contributed by atoms with van der Waals surface area (Å²) < 4.78 is 0. The maximum absolute atomic E-state index is 12.3. The first-order valence-corrected chi connectivity index (χ1v) is 8.27. The number of carbonyl (C=O) groups excluding carboxylic acids is 2. The average molecular weight is 297 g/mol. The zero-order valence-electron chi connectivity index (χ0n) is 13.9. The van der Waals surface area contributed by atoms with Crippen LogP contribution in [0.25, 0.3) is 0 Å². The van der Waals surface area contributed by atoms with Gasteiger partial charge in [-0.25, -0.2) is 0 Å². The molecule has 1 rings (SSSR count). The predicted molar refractivity (Wildman–Crippen MR) is 85.1 cm³/mol. The summed E-state index contributed by atoms with van der Waals surface area (Å²) in [7, 11) is 0. The van der Waals surface area contributed by atoms with Gasteiger partial charge in [0.25, 0.3) is 0 Å². The molecule has 2 amide bonds. The van der Waals surface area contributed by atoms with Crippen LogP contribution >= 0.6 is 0 Å². The second-order valence-electron chi connectivity index (χ2n) is 6.17. The van der Waals surface area contributed by atoms with E-state index in [0.29, 0.717) is 13.0 Å². The molecule has 0 aromatic rings. The van der Waals surface area contributed by atoms with Gasteiger partial charge in [0.05, 0.1) is 0 Å². The summed E-state index contributed by atoms with van der Waals surface area (Å²) in [6.45, 7) is 10.1. The summed E-state index contributed by atoms with van der Waals surface area (Å²) in [5, 5.41) is 2.69. The van der Waals surface area contributed by atoms with Gasteiger partial charge in [0.1, 0.15) is 0 Å². The highest BCUT2D eigenvalue weighted by Gasteiger charge is 2.18. The quantitative estimate of drug-likeness (QED) is 0.777. The molecule has 5 nitrogen and oxygen atoms in total. The van der Waals surface area contributed by atoms with E-state index in [1.165, 1.54) is 32.6 Å². The summed E-state index contributed by atoms with van der Waals surface area (Å²) in [6, 6.07) is 0.210. The average Bonchev–Trinajstić information content (AvgIpc) is 2.66. The monoisotopic (exact) mass is 297 g/mol. The Balaban J connectivity index is 2.37. The van der Waals surface area contributed by atoms with Gasteiger partial charge in [-0.15, -0.1) is 0 Å². The molecule has 0 saturated carbocycles. The lowest BCUT2D eigenvalue weighted by Crippen LogP contribution is -2.43. The zero-order valence-corrected chi connectivity index (χ0v) is 13.9. The zero-order chi connectivity index (χ0) is 15.7. The first kappa shape index (κ1) is 18.0. The first-order valence-electron chi connectivity index (χ1n) is 8.27. The van der Waals surface area contributed by atoms with Gasteiger partial charge in [-0.3, -0.25) is 9.59 Å². The van der Waals surface area contributed by atoms with Crippen molar-refractivity contribution in [2.75, 3.05) is 32.7 Å². The number of likely N-dealkylation sites (tertiary alicyclic amines) is 1. The van der Waals surface area contributed by atoms with Crippen LogP contribution in [0.2, 0.25) is 0 Å². The van der Waals surface area contributed by atoms with Gasteiger partial charge in [-0.2, -0.15) is 0 Å². The molecule has 0 atom stereocenters. The third kappa shape index (κ3) is 7.46. The van der Waals surface area contributed by atoms with Gasteiger partial charge >= 0.3 is 0 Å². The van der Waals surface area contributed by atoms with E-state index in [0.717, 1.165) is 26.2 Å². The summed E-state index contributed by atoms with van der Waals surface area (Å²) in [6.07, 6.45) is 5.61. The Kier molecular flexibility index (Phi) is 8.35. The van der Waals surface area contributed by atoms with Gasteiger partial charge in [0.2, 0.25) is 11.8 Å². The number of carbonyl (C=O) groups is 2. The number of nitrogens with one attached hydrogen (secondary N) is 1. The second-order valence-corrected chi connectivity index (χ2v) is 6.17. The molecule has 0 bridgehead atoms. The molecule has 0 radical (unpaired) electrons. The lowest BCUT2D eigenvalue weighted by atomic mass is 10.2. The highest BCUT2D eigenvalue weighted by atomic mass is 16.2. The molecule has 0 spiro atoms. The molecule has 5 heteroatoms. The molecule has 0 unspecified atom stereocenters. The maximum Gasteiger partial charge on any atom is 0.224 e. The van der Waals surface area contributed by atoms with Crippen LogP contribution in [0, 0.1) is 0 Å². The number of hydrogen-bond acceptors (Lipinski definition) is 3. The van der Waals surface area contributed by atoms with Crippen molar-refractivity contribution in [3.05, 3.63) is 0 Å². The standard InChI is InChI=1S/C16H31N3O2/c1-14(2)19(16(21)8-9-17-15(3)20)13-12-18-10-6-4-5-7-11-18/h14H,4-13H2,1-3H3,(H,17,20). The Bertz CT molecular complexity index is 323. The molecule has 122 valence electrons. The van der Waals surface area contributed by atoms with E-state index in [2.05, 4.69) is 24.1 Å². The lowest BCUT2D eigenvalue weighted by Gasteiger charge is -2.30. The molecule has 1 heterocycles. The van der Waals surface area contributed by atoms with Crippen LogP contribution in [-0.2, 0) is 9.59 Å². The van der Waals surface area contributed by atoms with Crippen molar-refractivity contribution >= 4 is 11.8 Å². The number of hydrogen-bond donors (Lipinski definition) is 1. The SMILES string of the molecule is CC(=O)NCCC(=O)N(CCN1CCCCCC1)C(C)C. The van der Waals surface area contributed by atoms with E-state index in [9.17, 15) is 9.59 Å². The second kappa shape index (κ2) is 9.77. The molecule has 0 aromatic carbocycles. The highest BCUT2D eigenvalue weighted by Crippen LogP contribution is 2.10. The van der Waals surface area contributed by atoms with Gasteiger partial charge in [0.15, 0.2) is 0 Å². The topological polar surface area (TPSA) is 52.7 Å². The minimum absolute atomic E-state index is 0.0801. The van der Waals surface area contributed by atoms with Gasteiger partial charge in [0, 0.05) is 39.0 Å². The molecule has 1 aliphatic heterocycles. The van der Waals surface area contributed by atoms with E-state index >= 15 is 0 Å². The molecule has 0 aliphatic carbocycles. The molecule has 0 aromatic heterocycles. The van der Waals surface area contributed by atoms with E-state index < -0.39 is 0 Å². The molecule has 21 heavy (non-hydrogen) atoms. The molecule has 1 aliphatic rings. The van der Waals surface area contributed by atoms with E-state index in [4.69, 9.17) is 0 Å². The number of nitrogens with zero attached hydrogens (tertiary/aromatic N) is 2. The fourth-order valence-electron chi connectivity index (χ4n) is 2.77.